The summed E-state index contributed by atoms with van der Waals surface area (Å²) in [5, 5.41) is 12.9. The van der Waals surface area contributed by atoms with Gasteiger partial charge < -0.3 is 15.4 Å². The number of carbonyl (C=O) groups excluding carboxylic acids is 1. The van der Waals surface area contributed by atoms with E-state index < -0.39 is 12.0 Å². The Labute approximate surface area is 191 Å². The lowest BCUT2D eigenvalue weighted by molar-refractivity contribution is -0.137. The zero-order valence-electron chi connectivity index (χ0n) is 18.3. The van der Waals surface area contributed by atoms with E-state index in [1.807, 2.05) is 67.7 Å². The lowest BCUT2D eigenvalue weighted by Gasteiger charge is -2.21. The molecule has 0 saturated heterocycles. The normalized spacial score (nSPS) is 11.9. The highest BCUT2D eigenvalue weighted by atomic mass is 19.1. The number of carboxylic acid groups (broad SMARTS) is 1. The Balaban J connectivity index is 1.57. The van der Waals surface area contributed by atoms with Crippen LogP contribution in [0.4, 0.5) is 4.39 Å². The van der Waals surface area contributed by atoms with Crippen molar-refractivity contribution in [2.45, 2.75) is 32.2 Å². The molecule has 1 heterocycles. The second-order valence-corrected chi connectivity index (χ2v) is 8.20. The van der Waals surface area contributed by atoms with E-state index in [0.717, 1.165) is 33.2 Å². The minimum Gasteiger partial charge on any atom is -0.481 e. The Bertz CT molecular complexity index is 1300. The molecule has 6 heteroatoms. The Hall–Kier alpha value is -3.93. The molecule has 1 unspecified atom stereocenters. The van der Waals surface area contributed by atoms with E-state index in [-0.39, 0.29) is 24.6 Å². The number of aromatic amines is 1. The smallest absolute Gasteiger partial charge is 0.303 e. The summed E-state index contributed by atoms with van der Waals surface area (Å²) in [6, 6.07) is 19.4. The largest absolute Gasteiger partial charge is 0.481 e. The fourth-order valence-electron chi connectivity index (χ4n) is 4.03. The summed E-state index contributed by atoms with van der Waals surface area (Å²) in [5.74, 6) is -1.44. The van der Waals surface area contributed by atoms with Gasteiger partial charge in [0.1, 0.15) is 5.82 Å². The van der Waals surface area contributed by atoms with Crippen molar-refractivity contribution in [1.82, 2.24) is 10.3 Å². The molecule has 3 N–H and O–H groups in total. The van der Waals surface area contributed by atoms with Crippen LogP contribution in [0.3, 0.4) is 0 Å². The van der Waals surface area contributed by atoms with E-state index in [1.54, 1.807) is 6.07 Å². The number of aliphatic carboxylic acids is 1. The Morgan fingerprint density at radius 3 is 2.58 bits per heavy atom. The molecule has 1 aromatic heterocycles. The summed E-state index contributed by atoms with van der Waals surface area (Å²) in [4.78, 5) is 27.1. The van der Waals surface area contributed by atoms with Crippen LogP contribution in [0.25, 0.3) is 10.9 Å². The van der Waals surface area contributed by atoms with Crippen LogP contribution < -0.4 is 5.32 Å². The molecule has 4 rings (SSSR count). The van der Waals surface area contributed by atoms with Crippen LogP contribution in [0.1, 0.15) is 40.3 Å². The second kappa shape index (κ2) is 9.69. The van der Waals surface area contributed by atoms with E-state index in [1.165, 1.54) is 6.07 Å². The van der Waals surface area contributed by atoms with Gasteiger partial charge in [-0.3, -0.25) is 9.59 Å². The molecular weight excluding hydrogens is 419 g/mol. The average Bonchev–Trinajstić information content (AvgIpc) is 3.19. The summed E-state index contributed by atoms with van der Waals surface area (Å²) in [5.41, 5.74) is 4.62. The Morgan fingerprint density at radius 2 is 1.85 bits per heavy atom. The quantitative estimate of drug-likeness (QED) is 0.354. The van der Waals surface area contributed by atoms with Gasteiger partial charge in [-0.1, -0.05) is 48.5 Å². The maximum absolute atomic E-state index is 14.8. The zero-order chi connectivity index (χ0) is 23.4. The number of rotatable bonds is 8. The fraction of sp³-hybridized carbons (Fsp3) is 0.185. The molecule has 0 radical (unpaired) electrons. The molecule has 168 valence electrons. The van der Waals surface area contributed by atoms with Crippen LogP contribution in [0, 0.1) is 12.7 Å². The van der Waals surface area contributed by atoms with Crippen LogP contribution in [0.5, 0.6) is 0 Å². The van der Waals surface area contributed by atoms with Gasteiger partial charge in [0, 0.05) is 29.1 Å². The van der Waals surface area contributed by atoms with Gasteiger partial charge in [0.05, 0.1) is 12.5 Å². The number of carbonyl (C=O) groups is 2. The van der Waals surface area contributed by atoms with Gasteiger partial charge in [-0.05, 0) is 53.8 Å². The van der Waals surface area contributed by atoms with Gasteiger partial charge in [0.15, 0.2) is 0 Å². The summed E-state index contributed by atoms with van der Waals surface area (Å²) in [6.07, 6.45) is 2.38. The Kier molecular flexibility index (Phi) is 6.54. The predicted molar refractivity (Wildman–Crippen MR) is 126 cm³/mol. The molecule has 5 nitrogen and oxygen atoms in total. The van der Waals surface area contributed by atoms with Crippen molar-refractivity contribution in [1.29, 1.82) is 0 Å². The predicted octanol–water partition coefficient (Wildman–Crippen LogP) is 5.08. The molecule has 1 atom stereocenters. The van der Waals surface area contributed by atoms with Crippen molar-refractivity contribution in [3.63, 3.8) is 0 Å². The van der Waals surface area contributed by atoms with E-state index in [0.29, 0.717) is 12.0 Å². The molecule has 0 fully saturated rings. The van der Waals surface area contributed by atoms with Crippen molar-refractivity contribution in [3.8, 4) is 0 Å². The van der Waals surface area contributed by atoms with Crippen molar-refractivity contribution in [2.24, 2.45) is 0 Å². The van der Waals surface area contributed by atoms with Gasteiger partial charge >= 0.3 is 5.97 Å². The first-order valence-electron chi connectivity index (χ1n) is 10.8. The van der Waals surface area contributed by atoms with E-state index >= 15 is 0 Å². The summed E-state index contributed by atoms with van der Waals surface area (Å²) in [7, 11) is 0. The van der Waals surface area contributed by atoms with Crippen molar-refractivity contribution >= 4 is 22.8 Å². The van der Waals surface area contributed by atoms with Crippen LogP contribution in [0.2, 0.25) is 0 Å². The number of aromatic nitrogens is 1. The SMILES string of the molecule is Cc1ccc(C(NC(=O)Cc2ccc3[nH]cc(CCC(=O)O)c3c2)c2ccccc2)c(F)c1. The standard InChI is InChI=1S/C27H25FN2O3/c1-17-7-10-21(23(28)13-17)27(19-5-3-2-4-6-19)30-25(31)15-18-8-11-24-22(14-18)20(16-29-24)9-12-26(32)33/h2-8,10-11,13-14,16,27,29H,9,12,15H2,1H3,(H,30,31)(H,32,33). The molecule has 0 aliphatic rings. The number of benzene rings is 3. The summed E-state index contributed by atoms with van der Waals surface area (Å²) >= 11 is 0. The van der Waals surface area contributed by atoms with Gasteiger partial charge in [0.25, 0.3) is 0 Å². The fourth-order valence-corrected chi connectivity index (χ4v) is 4.03. The topological polar surface area (TPSA) is 82.2 Å². The summed E-state index contributed by atoms with van der Waals surface area (Å²) < 4.78 is 14.8. The van der Waals surface area contributed by atoms with Gasteiger partial charge in [0.2, 0.25) is 5.91 Å². The van der Waals surface area contributed by atoms with E-state index in [4.69, 9.17) is 5.11 Å². The lowest BCUT2D eigenvalue weighted by Crippen LogP contribution is -2.31. The van der Waals surface area contributed by atoms with Gasteiger partial charge in [-0.25, -0.2) is 4.39 Å². The maximum atomic E-state index is 14.8. The number of amides is 1. The highest BCUT2D eigenvalue weighted by molar-refractivity contribution is 5.86. The van der Waals surface area contributed by atoms with Crippen molar-refractivity contribution < 1.29 is 19.1 Å². The number of carboxylic acids is 1. The minimum absolute atomic E-state index is 0.0402. The third-order valence-electron chi connectivity index (χ3n) is 5.71. The van der Waals surface area contributed by atoms with Crippen LogP contribution in [0.15, 0.2) is 72.9 Å². The first kappa shape index (κ1) is 22.3. The van der Waals surface area contributed by atoms with Crippen LogP contribution in [-0.2, 0) is 22.4 Å². The van der Waals surface area contributed by atoms with Crippen LogP contribution in [-0.4, -0.2) is 22.0 Å². The number of H-pyrrole nitrogens is 1. The lowest BCUT2D eigenvalue weighted by atomic mass is 9.96. The average molecular weight is 445 g/mol. The molecule has 1 amide bonds. The second-order valence-electron chi connectivity index (χ2n) is 8.20. The highest BCUT2D eigenvalue weighted by Gasteiger charge is 2.20. The van der Waals surface area contributed by atoms with Crippen molar-refractivity contribution in [3.05, 3.63) is 107 Å². The number of hydrogen-bond donors (Lipinski definition) is 3. The molecule has 0 saturated carbocycles. The number of fused-ring (bicyclic) bond motifs is 1. The first-order chi connectivity index (χ1) is 15.9. The number of aryl methyl sites for hydroxylation is 2. The number of hydrogen-bond acceptors (Lipinski definition) is 2. The number of nitrogens with one attached hydrogen (secondary N) is 2. The minimum atomic E-state index is -0.852. The molecule has 0 spiro atoms. The Morgan fingerprint density at radius 1 is 1.06 bits per heavy atom. The highest BCUT2D eigenvalue weighted by Crippen LogP contribution is 2.26. The van der Waals surface area contributed by atoms with Crippen LogP contribution >= 0.6 is 0 Å². The van der Waals surface area contributed by atoms with Gasteiger partial charge in [-0.2, -0.15) is 0 Å². The maximum Gasteiger partial charge on any atom is 0.303 e. The number of halogens is 1. The monoisotopic (exact) mass is 444 g/mol. The molecule has 0 aliphatic carbocycles. The first-order valence-corrected chi connectivity index (χ1v) is 10.8. The molecule has 0 aliphatic heterocycles. The van der Waals surface area contributed by atoms with E-state index in [2.05, 4.69) is 10.3 Å². The third kappa shape index (κ3) is 5.29. The molecule has 3 aromatic carbocycles. The molecule has 4 aromatic rings. The third-order valence-corrected chi connectivity index (χ3v) is 5.71. The zero-order valence-corrected chi connectivity index (χ0v) is 18.3. The summed E-state index contributed by atoms with van der Waals surface area (Å²) in [6.45, 7) is 1.82. The van der Waals surface area contributed by atoms with E-state index in [9.17, 15) is 14.0 Å². The molecule has 0 bridgehead atoms. The van der Waals surface area contributed by atoms with Gasteiger partial charge in [-0.15, -0.1) is 0 Å². The molecular formula is C27H25FN2O3. The molecule has 33 heavy (non-hydrogen) atoms. The van der Waals surface area contributed by atoms with Crippen molar-refractivity contribution in [2.75, 3.05) is 0 Å².